The molecule has 0 saturated carbocycles. The van der Waals surface area contributed by atoms with Gasteiger partial charge >= 0.3 is 0 Å². The zero-order valence-electron chi connectivity index (χ0n) is 9.52. The molecule has 0 radical (unpaired) electrons. The molecule has 0 aromatic heterocycles. The summed E-state index contributed by atoms with van der Waals surface area (Å²) in [6.07, 6.45) is 3.40. The summed E-state index contributed by atoms with van der Waals surface area (Å²) in [4.78, 5) is 0. The van der Waals surface area contributed by atoms with Gasteiger partial charge in [-0.2, -0.15) is 0 Å². The Kier molecular flexibility index (Phi) is 3.50. The predicted octanol–water partition coefficient (Wildman–Crippen LogP) is 3.41. The van der Waals surface area contributed by atoms with Gasteiger partial charge in [0.2, 0.25) is 0 Å². The lowest BCUT2D eigenvalue weighted by Crippen LogP contribution is -2.54. The van der Waals surface area contributed by atoms with E-state index in [1.165, 1.54) is 18.9 Å². The molecule has 0 unspecified atom stereocenters. The van der Waals surface area contributed by atoms with E-state index < -0.39 is 0 Å². The third kappa shape index (κ3) is 2.38. The molecule has 1 fully saturated rings. The first kappa shape index (κ1) is 11.9. The van der Waals surface area contributed by atoms with Crippen LogP contribution in [0.1, 0.15) is 25.3 Å². The van der Waals surface area contributed by atoms with Crippen LogP contribution in [0, 0.1) is 11.2 Å². The summed E-state index contributed by atoms with van der Waals surface area (Å²) in [5.41, 5.74) is 1.51. The summed E-state index contributed by atoms with van der Waals surface area (Å²) in [6, 6.07) is 5.06. The number of benzene rings is 1. The van der Waals surface area contributed by atoms with Crippen LogP contribution in [0.25, 0.3) is 0 Å². The first-order valence-corrected chi connectivity index (χ1v) is 6.18. The second-order valence-corrected chi connectivity index (χ2v) is 5.19. The van der Waals surface area contributed by atoms with Gasteiger partial charge in [0, 0.05) is 13.1 Å². The third-order valence-corrected chi connectivity index (χ3v) is 3.63. The maximum absolute atomic E-state index is 13.0. The van der Waals surface area contributed by atoms with Gasteiger partial charge < -0.3 is 5.32 Å². The van der Waals surface area contributed by atoms with E-state index in [1.54, 1.807) is 6.07 Å². The molecule has 0 spiro atoms. The van der Waals surface area contributed by atoms with Crippen LogP contribution in [0.3, 0.4) is 0 Å². The summed E-state index contributed by atoms with van der Waals surface area (Å²) >= 11 is 5.79. The molecule has 1 aliphatic heterocycles. The molecule has 1 heterocycles. The van der Waals surface area contributed by atoms with Crippen molar-refractivity contribution in [3.05, 3.63) is 34.6 Å². The highest BCUT2D eigenvalue weighted by atomic mass is 35.5. The Morgan fingerprint density at radius 3 is 2.69 bits per heavy atom. The molecular weight excluding hydrogens is 225 g/mol. The fourth-order valence-corrected chi connectivity index (χ4v) is 2.68. The minimum atomic E-state index is -0.332. The Hall–Kier alpha value is -0.600. The predicted molar refractivity (Wildman–Crippen MR) is 65.3 cm³/mol. The SMILES string of the molecule is CCCC1(Cc2ccc(F)c(Cl)c2)CNC1. The van der Waals surface area contributed by atoms with Crippen molar-refractivity contribution < 1.29 is 4.39 Å². The topological polar surface area (TPSA) is 12.0 Å². The monoisotopic (exact) mass is 241 g/mol. The van der Waals surface area contributed by atoms with Gasteiger partial charge in [0.1, 0.15) is 5.82 Å². The van der Waals surface area contributed by atoms with Gasteiger partial charge in [-0.05, 0) is 36.0 Å². The number of rotatable bonds is 4. The Bertz CT molecular complexity index is 374. The van der Waals surface area contributed by atoms with Gasteiger partial charge in [0.25, 0.3) is 0 Å². The summed E-state index contributed by atoms with van der Waals surface area (Å²) in [5.74, 6) is -0.332. The zero-order chi connectivity index (χ0) is 11.6. The van der Waals surface area contributed by atoms with Crippen LogP contribution < -0.4 is 5.32 Å². The van der Waals surface area contributed by atoms with E-state index in [0.717, 1.165) is 25.1 Å². The highest BCUT2D eigenvalue weighted by molar-refractivity contribution is 6.30. The second kappa shape index (κ2) is 4.72. The van der Waals surface area contributed by atoms with Crippen molar-refractivity contribution in [1.82, 2.24) is 5.32 Å². The molecule has 0 aliphatic carbocycles. The molecule has 0 amide bonds. The van der Waals surface area contributed by atoms with Crippen molar-refractivity contribution in [1.29, 1.82) is 0 Å². The number of hydrogen-bond acceptors (Lipinski definition) is 1. The van der Waals surface area contributed by atoms with E-state index >= 15 is 0 Å². The Labute approximate surface area is 101 Å². The summed E-state index contributed by atoms with van der Waals surface area (Å²) in [6.45, 7) is 4.34. The van der Waals surface area contributed by atoms with Gasteiger partial charge in [-0.1, -0.05) is 31.0 Å². The van der Waals surface area contributed by atoms with Crippen LogP contribution in [0.4, 0.5) is 4.39 Å². The van der Waals surface area contributed by atoms with Gasteiger partial charge in [-0.3, -0.25) is 0 Å². The van der Waals surface area contributed by atoms with Crippen LogP contribution in [-0.2, 0) is 6.42 Å². The number of halogens is 2. The maximum atomic E-state index is 13.0. The van der Waals surface area contributed by atoms with Crippen LogP contribution in [0.2, 0.25) is 5.02 Å². The highest BCUT2D eigenvalue weighted by Crippen LogP contribution is 2.33. The smallest absolute Gasteiger partial charge is 0.141 e. The van der Waals surface area contributed by atoms with E-state index in [-0.39, 0.29) is 10.8 Å². The van der Waals surface area contributed by atoms with Crippen LogP contribution in [-0.4, -0.2) is 13.1 Å². The van der Waals surface area contributed by atoms with Gasteiger partial charge in [-0.15, -0.1) is 0 Å². The minimum Gasteiger partial charge on any atom is -0.316 e. The largest absolute Gasteiger partial charge is 0.316 e. The molecule has 88 valence electrons. The van der Waals surface area contributed by atoms with Crippen molar-refractivity contribution in [3.63, 3.8) is 0 Å². The lowest BCUT2D eigenvalue weighted by atomic mass is 9.73. The minimum absolute atomic E-state index is 0.233. The molecule has 1 N–H and O–H groups in total. The molecule has 0 bridgehead atoms. The van der Waals surface area contributed by atoms with Crippen molar-refractivity contribution >= 4 is 11.6 Å². The second-order valence-electron chi connectivity index (χ2n) is 4.78. The molecule has 1 saturated heterocycles. The fourth-order valence-electron chi connectivity index (χ4n) is 2.48. The zero-order valence-corrected chi connectivity index (χ0v) is 10.3. The standard InChI is InChI=1S/C13H17ClFN/c1-2-5-13(8-16-9-13)7-10-3-4-12(15)11(14)6-10/h3-4,6,16H,2,5,7-9H2,1H3. The lowest BCUT2D eigenvalue weighted by Gasteiger charge is -2.43. The van der Waals surface area contributed by atoms with Crippen molar-refractivity contribution in [2.45, 2.75) is 26.2 Å². The molecule has 1 nitrogen and oxygen atoms in total. The Morgan fingerprint density at radius 2 is 2.19 bits per heavy atom. The van der Waals surface area contributed by atoms with E-state index in [9.17, 15) is 4.39 Å². The molecule has 0 atom stereocenters. The summed E-state index contributed by atoms with van der Waals surface area (Å²) in [7, 11) is 0. The van der Waals surface area contributed by atoms with E-state index in [2.05, 4.69) is 12.2 Å². The van der Waals surface area contributed by atoms with Crippen LogP contribution >= 0.6 is 11.6 Å². The van der Waals surface area contributed by atoms with Gasteiger partial charge in [0.15, 0.2) is 0 Å². The van der Waals surface area contributed by atoms with Crippen molar-refractivity contribution in [2.24, 2.45) is 5.41 Å². The highest BCUT2D eigenvalue weighted by Gasteiger charge is 2.35. The van der Waals surface area contributed by atoms with E-state index in [1.807, 2.05) is 6.07 Å². The normalized spacial score (nSPS) is 18.2. The number of hydrogen-bond donors (Lipinski definition) is 1. The fraction of sp³-hybridized carbons (Fsp3) is 0.538. The molecule has 1 aromatic rings. The molecule has 1 aromatic carbocycles. The summed E-state index contributed by atoms with van der Waals surface area (Å²) < 4.78 is 13.0. The van der Waals surface area contributed by atoms with Crippen molar-refractivity contribution in [3.8, 4) is 0 Å². The average Bonchev–Trinajstić information content (AvgIpc) is 2.20. The first-order valence-electron chi connectivity index (χ1n) is 5.80. The lowest BCUT2D eigenvalue weighted by molar-refractivity contribution is 0.151. The van der Waals surface area contributed by atoms with E-state index in [0.29, 0.717) is 5.41 Å². The maximum Gasteiger partial charge on any atom is 0.141 e. The molecule has 2 rings (SSSR count). The Balaban J connectivity index is 2.10. The van der Waals surface area contributed by atoms with Crippen LogP contribution in [0.5, 0.6) is 0 Å². The third-order valence-electron chi connectivity index (χ3n) is 3.34. The number of nitrogens with one attached hydrogen (secondary N) is 1. The average molecular weight is 242 g/mol. The molecular formula is C13H17ClFN. The summed E-state index contributed by atoms with van der Waals surface area (Å²) in [5, 5.41) is 3.56. The molecule has 3 heteroatoms. The van der Waals surface area contributed by atoms with E-state index in [4.69, 9.17) is 11.6 Å². The first-order chi connectivity index (χ1) is 7.65. The van der Waals surface area contributed by atoms with Gasteiger partial charge in [0.05, 0.1) is 5.02 Å². The Morgan fingerprint density at radius 1 is 1.44 bits per heavy atom. The molecule has 1 aliphatic rings. The van der Waals surface area contributed by atoms with Gasteiger partial charge in [-0.25, -0.2) is 4.39 Å². The quantitative estimate of drug-likeness (QED) is 0.852. The molecule has 16 heavy (non-hydrogen) atoms. The van der Waals surface area contributed by atoms with Crippen molar-refractivity contribution in [2.75, 3.05) is 13.1 Å². The van der Waals surface area contributed by atoms with Crippen LogP contribution in [0.15, 0.2) is 18.2 Å².